The summed E-state index contributed by atoms with van der Waals surface area (Å²) in [6.45, 7) is 4.03. The first kappa shape index (κ1) is 27.5. The number of amides is 2. The molecule has 0 aromatic heterocycles. The zero-order valence-corrected chi connectivity index (χ0v) is 23.2. The SMILES string of the molecule is CC(=O)NCCc1cccc2cccc(OCCCCOc3ccc4cccc(CCNC(=O)C5CC5)c4c3)c12. The van der Waals surface area contributed by atoms with Crippen LogP contribution in [0.4, 0.5) is 0 Å². The highest BCUT2D eigenvalue weighted by molar-refractivity contribution is 5.91. The molecule has 0 radical (unpaired) electrons. The first-order chi connectivity index (χ1) is 19.6. The van der Waals surface area contributed by atoms with Crippen molar-refractivity contribution in [3.8, 4) is 11.5 Å². The molecule has 0 bridgehead atoms. The Labute approximate surface area is 236 Å². The molecule has 0 atom stereocenters. The van der Waals surface area contributed by atoms with E-state index < -0.39 is 0 Å². The standard InChI is InChI=1S/C34H38N2O4/c1-24(37)35-19-18-28-10-5-9-27-11-6-12-32(33(27)28)40-22-3-2-21-39-30-16-15-25-7-4-8-26(31(25)23-30)17-20-36-34(38)29-13-14-29/h4-12,15-16,23,29H,2-3,13-14,17-22H2,1H3,(H,35,37)(H,36,38). The maximum atomic E-state index is 12.0. The number of rotatable bonds is 14. The van der Waals surface area contributed by atoms with Gasteiger partial charge in [-0.1, -0.05) is 54.6 Å². The normalized spacial score (nSPS) is 12.8. The van der Waals surface area contributed by atoms with Gasteiger partial charge in [0.05, 0.1) is 13.2 Å². The second-order valence-electron chi connectivity index (χ2n) is 10.5. The van der Waals surface area contributed by atoms with Crippen LogP contribution in [0, 0.1) is 5.92 Å². The van der Waals surface area contributed by atoms with E-state index in [2.05, 4.69) is 65.2 Å². The molecule has 5 rings (SSSR count). The molecular weight excluding hydrogens is 500 g/mol. The predicted octanol–water partition coefficient (Wildman–Crippen LogP) is 5.98. The molecule has 2 amide bonds. The Hall–Kier alpha value is -4.06. The highest BCUT2D eigenvalue weighted by Crippen LogP contribution is 2.30. The highest BCUT2D eigenvalue weighted by Gasteiger charge is 2.29. The topological polar surface area (TPSA) is 76.7 Å². The molecule has 2 N–H and O–H groups in total. The van der Waals surface area contributed by atoms with Crippen molar-refractivity contribution >= 4 is 33.4 Å². The molecule has 4 aromatic rings. The fraction of sp³-hybridized carbons (Fsp3) is 0.353. The van der Waals surface area contributed by atoms with Gasteiger partial charge in [0.2, 0.25) is 11.8 Å². The lowest BCUT2D eigenvalue weighted by Gasteiger charge is -2.14. The Balaban J connectivity index is 1.11. The van der Waals surface area contributed by atoms with Crippen molar-refractivity contribution in [2.45, 2.75) is 45.4 Å². The lowest BCUT2D eigenvalue weighted by Crippen LogP contribution is -2.26. The molecule has 4 aromatic carbocycles. The van der Waals surface area contributed by atoms with Crippen molar-refractivity contribution in [3.63, 3.8) is 0 Å². The monoisotopic (exact) mass is 538 g/mol. The molecular formula is C34H38N2O4. The third-order valence-electron chi connectivity index (χ3n) is 7.37. The molecule has 0 saturated heterocycles. The summed E-state index contributed by atoms with van der Waals surface area (Å²) in [4.78, 5) is 23.2. The summed E-state index contributed by atoms with van der Waals surface area (Å²) in [6.07, 6.45) is 5.38. The molecule has 6 nitrogen and oxygen atoms in total. The van der Waals surface area contributed by atoms with Crippen LogP contribution in [-0.4, -0.2) is 38.1 Å². The number of carbonyl (C=O) groups is 2. The Kier molecular flexibility index (Phi) is 9.17. The average molecular weight is 539 g/mol. The molecule has 1 aliphatic carbocycles. The van der Waals surface area contributed by atoms with Gasteiger partial charge in [-0.3, -0.25) is 9.59 Å². The predicted molar refractivity (Wildman–Crippen MR) is 160 cm³/mol. The van der Waals surface area contributed by atoms with Crippen LogP contribution in [0.15, 0.2) is 72.8 Å². The molecule has 1 fully saturated rings. The van der Waals surface area contributed by atoms with Crippen molar-refractivity contribution in [2.24, 2.45) is 5.92 Å². The Bertz CT molecular complexity index is 1470. The maximum absolute atomic E-state index is 12.0. The van der Waals surface area contributed by atoms with Gasteiger partial charge in [-0.2, -0.15) is 0 Å². The fourth-order valence-corrected chi connectivity index (χ4v) is 5.09. The van der Waals surface area contributed by atoms with E-state index in [0.29, 0.717) is 26.3 Å². The summed E-state index contributed by atoms with van der Waals surface area (Å²) >= 11 is 0. The van der Waals surface area contributed by atoms with Gasteiger partial charge < -0.3 is 20.1 Å². The summed E-state index contributed by atoms with van der Waals surface area (Å²) in [5.74, 6) is 2.16. The first-order valence-electron chi connectivity index (χ1n) is 14.4. The summed E-state index contributed by atoms with van der Waals surface area (Å²) in [6, 6.07) is 24.9. The largest absolute Gasteiger partial charge is 0.494 e. The van der Waals surface area contributed by atoms with Gasteiger partial charge >= 0.3 is 0 Å². The maximum Gasteiger partial charge on any atom is 0.223 e. The van der Waals surface area contributed by atoms with Gasteiger partial charge in [0, 0.05) is 31.3 Å². The van der Waals surface area contributed by atoms with Crippen LogP contribution in [0.25, 0.3) is 21.5 Å². The lowest BCUT2D eigenvalue weighted by atomic mass is 10.0. The van der Waals surface area contributed by atoms with Gasteiger partial charge in [-0.15, -0.1) is 0 Å². The molecule has 0 unspecified atom stereocenters. The molecule has 208 valence electrons. The molecule has 0 aliphatic heterocycles. The van der Waals surface area contributed by atoms with Crippen LogP contribution in [0.2, 0.25) is 0 Å². The third kappa shape index (κ3) is 7.32. The van der Waals surface area contributed by atoms with Crippen molar-refractivity contribution in [2.75, 3.05) is 26.3 Å². The van der Waals surface area contributed by atoms with Gasteiger partial charge in [0.25, 0.3) is 0 Å². The summed E-state index contributed by atoms with van der Waals surface area (Å²) < 4.78 is 12.3. The summed E-state index contributed by atoms with van der Waals surface area (Å²) in [5.41, 5.74) is 2.39. The Morgan fingerprint density at radius 3 is 2.23 bits per heavy atom. The van der Waals surface area contributed by atoms with Crippen molar-refractivity contribution in [3.05, 3.63) is 83.9 Å². The molecule has 6 heteroatoms. The number of hydrogen-bond acceptors (Lipinski definition) is 4. The van der Waals surface area contributed by atoms with Crippen molar-refractivity contribution in [1.82, 2.24) is 10.6 Å². The first-order valence-corrected chi connectivity index (χ1v) is 14.4. The number of benzene rings is 4. The van der Waals surface area contributed by atoms with Gasteiger partial charge in [0.15, 0.2) is 0 Å². The molecule has 1 saturated carbocycles. The minimum absolute atomic E-state index is 0.0165. The number of carbonyl (C=O) groups excluding carboxylic acids is 2. The van der Waals surface area contributed by atoms with E-state index in [0.717, 1.165) is 60.8 Å². The van der Waals surface area contributed by atoms with E-state index in [1.54, 1.807) is 0 Å². The van der Waals surface area contributed by atoms with E-state index in [4.69, 9.17) is 9.47 Å². The minimum atomic E-state index is -0.0165. The Morgan fingerprint density at radius 2 is 1.45 bits per heavy atom. The van der Waals surface area contributed by atoms with E-state index in [1.165, 1.54) is 28.8 Å². The van der Waals surface area contributed by atoms with Crippen molar-refractivity contribution < 1.29 is 19.1 Å². The van der Waals surface area contributed by atoms with Crippen LogP contribution in [0.5, 0.6) is 11.5 Å². The van der Waals surface area contributed by atoms with Gasteiger partial charge in [-0.05, 0) is 84.0 Å². The second-order valence-corrected chi connectivity index (χ2v) is 10.5. The fourth-order valence-electron chi connectivity index (χ4n) is 5.09. The van der Waals surface area contributed by atoms with E-state index >= 15 is 0 Å². The lowest BCUT2D eigenvalue weighted by molar-refractivity contribution is -0.122. The Morgan fingerprint density at radius 1 is 0.775 bits per heavy atom. The van der Waals surface area contributed by atoms with Crippen LogP contribution in [0.3, 0.4) is 0 Å². The number of nitrogens with one attached hydrogen (secondary N) is 2. The highest BCUT2D eigenvalue weighted by atomic mass is 16.5. The van der Waals surface area contributed by atoms with E-state index in [-0.39, 0.29) is 17.7 Å². The summed E-state index contributed by atoms with van der Waals surface area (Å²) in [7, 11) is 0. The van der Waals surface area contributed by atoms with Crippen LogP contribution in [0.1, 0.15) is 43.7 Å². The molecule has 0 spiro atoms. The zero-order valence-electron chi connectivity index (χ0n) is 23.2. The zero-order chi connectivity index (χ0) is 27.7. The number of ether oxygens (including phenoxy) is 2. The molecule has 40 heavy (non-hydrogen) atoms. The quantitative estimate of drug-likeness (QED) is 0.194. The smallest absolute Gasteiger partial charge is 0.223 e. The van der Waals surface area contributed by atoms with Crippen molar-refractivity contribution in [1.29, 1.82) is 0 Å². The summed E-state index contributed by atoms with van der Waals surface area (Å²) in [5, 5.41) is 10.6. The minimum Gasteiger partial charge on any atom is -0.494 e. The van der Waals surface area contributed by atoms with E-state index in [9.17, 15) is 9.59 Å². The third-order valence-corrected chi connectivity index (χ3v) is 7.37. The number of hydrogen-bond donors (Lipinski definition) is 2. The van der Waals surface area contributed by atoms with Crippen LogP contribution < -0.4 is 20.1 Å². The van der Waals surface area contributed by atoms with E-state index in [1.807, 2.05) is 18.2 Å². The molecule has 0 heterocycles. The van der Waals surface area contributed by atoms with Crippen LogP contribution in [-0.2, 0) is 22.4 Å². The molecule has 1 aliphatic rings. The number of fused-ring (bicyclic) bond motifs is 2. The number of unbranched alkanes of at least 4 members (excludes halogenated alkanes) is 1. The second kappa shape index (κ2) is 13.3. The van der Waals surface area contributed by atoms with Gasteiger partial charge in [-0.25, -0.2) is 0 Å². The van der Waals surface area contributed by atoms with Gasteiger partial charge in [0.1, 0.15) is 11.5 Å². The average Bonchev–Trinajstić information content (AvgIpc) is 3.81. The van der Waals surface area contributed by atoms with Crippen LogP contribution >= 0.6 is 0 Å².